The molecule has 0 aliphatic rings. The summed E-state index contributed by atoms with van der Waals surface area (Å²) >= 11 is 0. The van der Waals surface area contributed by atoms with E-state index in [4.69, 9.17) is 5.73 Å². The van der Waals surface area contributed by atoms with Crippen molar-refractivity contribution in [1.29, 1.82) is 0 Å². The minimum absolute atomic E-state index is 0.0825. The minimum Gasteiger partial charge on any atom is -0.370 e. The van der Waals surface area contributed by atoms with Crippen LogP contribution in [0.2, 0.25) is 0 Å². The van der Waals surface area contributed by atoms with Crippen molar-refractivity contribution < 1.29 is 9.63 Å². The lowest BCUT2D eigenvalue weighted by molar-refractivity contribution is -0.148. The molecule has 0 heterocycles. The molecule has 4 nitrogen and oxygen atoms in total. The third kappa shape index (κ3) is 3.21. The summed E-state index contributed by atoms with van der Waals surface area (Å²) in [5.41, 5.74) is 7.03. The molecule has 42 valence electrons. The Bertz CT molecular complexity index is 64.0. The Morgan fingerprint density at radius 2 is 2.57 bits per heavy atom. The number of hydrogen-bond donors (Lipinski definition) is 2. The normalized spacial score (nSPS) is 8.29. The maximum absolute atomic E-state index is 10.0. The van der Waals surface area contributed by atoms with Gasteiger partial charge in [0.15, 0.2) is 0 Å². The van der Waals surface area contributed by atoms with Crippen LogP contribution in [0.25, 0.3) is 0 Å². The summed E-state index contributed by atoms with van der Waals surface area (Å²) in [6.45, 7) is -0.0825. The summed E-state index contributed by atoms with van der Waals surface area (Å²) in [5, 5.41) is 0. The molecular weight excluding hydrogens is 96.0 g/mol. The predicted octanol–water partition coefficient (Wildman–Crippen LogP) is -1.38. The zero-order chi connectivity index (χ0) is 5.70. The maximum atomic E-state index is 10.0. The molecule has 0 bridgehead atoms. The van der Waals surface area contributed by atoms with Gasteiger partial charge in [-0.3, -0.25) is 0 Å². The van der Waals surface area contributed by atoms with Gasteiger partial charge in [0.05, 0.1) is 6.54 Å². The first-order valence-corrected chi connectivity index (χ1v) is 1.87. The number of nitrogens with two attached hydrogens (primary N) is 1. The van der Waals surface area contributed by atoms with Gasteiger partial charge in [0.25, 0.3) is 0 Å². The van der Waals surface area contributed by atoms with Gasteiger partial charge in [0.2, 0.25) is 0 Å². The SMILES string of the molecule is CNOC(=O)CN. The van der Waals surface area contributed by atoms with Gasteiger partial charge in [-0.05, 0) is 0 Å². The first-order valence-electron chi connectivity index (χ1n) is 1.87. The summed E-state index contributed by atoms with van der Waals surface area (Å²) in [7, 11) is 1.49. The standard InChI is InChI=1S/C3H8N2O2/c1-5-7-3(6)2-4/h5H,2,4H2,1H3. The molecule has 0 saturated heterocycles. The van der Waals surface area contributed by atoms with Crippen LogP contribution in [-0.2, 0) is 9.63 Å². The predicted molar refractivity (Wildman–Crippen MR) is 24.2 cm³/mol. The van der Waals surface area contributed by atoms with Gasteiger partial charge in [0.1, 0.15) is 0 Å². The van der Waals surface area contributed by atoms with E-state index >= 15 is 0 Å². The van der Waals surface area contributed by atoms with Gasteiger partial charge in [-0.1, -0.05) is 0 Å². The van der Waals surface area contributed by atoms with Crippen molar-refractivity contribution in [3.05, 3.63) is 0 Å². The van der Waals surface area contributed by atoms with E-state index in [9.17, 15) is 4.79 Å². The third-order valence-electron chi connectivity index (χ3n) is 0.383. The van der Waals surface area contributed by atoms with E-state index in [1.807, 2.05) is 0 Å². The van der Waals surface area contributed by atoms with Crippen LogP contribution in [0.3, 0.4) is 0 Å². The molecule has 0 amide bonds. The molecular formula is C3H8N2O2. The first kappa shape index (κ1) is 6.39. The van der Waals surface area contributed by atoms with Crippen LogP contribution in [0.5, 0.6) is 0 Å². The second-order valence-electron chi connectivity index (χ2n) is 0.882. The molecule has 0 atom stereocenters. The first-order chi connectivity index (χ1) is 3.31. The van der Waals surface area contributed by atoms with Crippen LogP contribution in [0.15, 0.2) is 0 Å². The highest BCUT2D eigenvalue weighted by atomic mass is 16.7. The molecule has 3 N–H and O–H groups in total. The highest BCUT2D eigenvalue weighted by Gasteiger charge is 1.91. The molecule has 0 aliphatic heterocycles. The van der Waals surface area contributed by atoms with Crippen LogP contribution >= 0.6 is 0 Å². The van der Waals surface area contributed by atoms with Gasteiger partial charge in [-0.2, -0.15) is 5.48 Å². The van der Waals surface area contributed by atoms with Crippen molar-refractivity contribution in [2.75, 3.05) is 13.6 Å². The van der Waals surface area contributed by atoms with Crippen molar-refractivity contribution >= 4 is 5.97 Å². The summed E-state index contributed by atoms with van der Waals surface area (Å²) in [4.78, 5) is 14.2. The van der Waals surface area contributed by atoms with E-state index in [2.05, 4.69) is 10.3 Å². The number of hydroxylamine groups is 1. The van der Waals surface area contributed by atoms with Crippen LogP contribution in [0, 0.1) is 0 Å². The molecule has 0 spiro atoms. The third-order valence-corrected chi connectivity index (χ3v) is 0.383. The lowest BCUT2D eigenvalue weighted by Crippen LogP contribution is -2.22. The Hall–Kier alpha value is -0.610. The molecule has 0 unspecified atom stereocenters. The largest absolute Gasteiger partial charge is 0.370 e. The number of hydrogen-bond acceptors (Lipinski definition) is 4. The Morgan fingerprint density at radius 3 is 2.71 bits per heavy atom. The molecule has 0 aliphatic carbocycles. The van der Waals surface area contributed by atoms with Crippen molar-refractivity contribution in [2.24, 2.45) is 5.73 Å². The second-order valence-corrected chi connectivity index (χ2v) is 0.882. The molecule has 0 aromatic rings. The summed E-state index contributed by atoms with van der Waals surface area (Å²) in [5.74, 6) is -0.456. The van der Waals surface area contributed by atoms with Crippen LogP contribution < -0.4 is 11.2 Å². The molecule has 0 rings (SSSR count). The highest BCUT2D eigenvalue weighted by Crippen LogP contribution is 1.61. The average Bonchev–Trinajstić information content (AvgIpc) is 1.68. The Labute approximate surface area is 41.6 Å². The molecule has 0 radical (unpaired) electrons. The van der Waals surface area contributed by atoms with E-state index in [-0.39, 0.29) is 6.54 Å². The molecule has 4 heteroatoms. The van der Waals surface area contributed by atoms with Gasteiger partial charge in [-0.15, -0.1) is 0 Å². The van der Waals surface area contributed by atoms with Gasteiger partial charge in [0, 0.05) is 7.05 Å². The fourth-order valence-corrected chi connectivity index (χ4v) is 0.156. The fourth-order valence-electron chi connectivity index (χ4n) is 0.156. The van der Waals surface area contributed by atoms with E-state index in [1.165, 1.54) is 7.05 Å². The second kappa shape index (κ2) is 3.58. The monoisotopic (exact) mass is 104 g/mol. The number of carbonyl (C=O) groups excluding carboxylic acids is 1. The van der Waals surface area contributed by atoms with E-state index in [0.29, 0.717) is 0 Å². The number of rotatable bonds is 2. The zero-order valence-electron chi connectivity index (χ0n) is 4.10. The smallest absolute Gasteiger partial charge is 0.338 e. The van der Waals surface area contributed by atoms with Gasteiger partial charge in [-0.25, -0.2) is 4.79 Å². The highest BCUT2D eigenvalue weighted by molar-refractivity contribution is 5.70. The van der Waals surface area contributed by atoms with Gasteiger partial charge >= 0.3 is 5.97 Å². The molecule has 7 heavy (non-hydrogen) atoms. The van der Waals surface area contributed by atoms with Crippen LogP contribution in [-0.4, -0.2) is 19.6 Å². The Kier molecular flexibility index (Phi) is 3.26. The van der Waals surface area contributed by atoms with Crippen molar-refractivity contribution in [3.63, 3.8) is 0 Å². The fraction of sp³-hybridized carbons (Fsp3) is 0.667. The number of carbonyl (C=O) groups is 1. The maximum Gasteiger partial charge on any atom is 0.338 e. The Morgan fingerprint density at radius 1 is 2.00 bits per heavy atom. The van der Waals surface area contributed by atoms with Crippen molar-refractivity contribution in [2.45, 2.75) is 0 Å². The minimum atomic E-state index is -0.456. The lowest BCUT2D eigenvalue weighted by Gasteiger charge is -1.94. The molecule has 0 saturated carbocycles. The topological polar surface area (TPSA) is 64.3 Å². The average molecular weight is 104 g/mol. The van der Waals surface area contributed by atoms with Crippen molar-refractivity contribution in [3.8, 4) is 0 Å². The quantitative estimate of drug-likeness (QED) is 0.424. The van der Waals surface area contributed by atoms with Crippen LogP contribution in [0.4, 0.5) is 0 Å². The van der Waals surface area contributed by atoms with Crippen LogP contribution in [0.1, 0.15) is 0 Å². The number of nitrogens with one attached hydrogen (secondary N) is 1. The van der Waals surface area contributed by atoms with Gasteiger partial charge < -0.3 is 10.6 Å². The lowest BCUT2D eigenvalue weighted by atomic mass is 10.7. The van der Waals surface area contributed by atoms with E-state index in [0.717, 1.165) is 0 Å². The zero-order valence-corrected chi connectivity index (χ0v) is 4.10. The van der Waals surface area contributed by atoms with Crippen molar-refractivity contribution in [1.82, 2.24) is 5.48 Å². The molecule has 0 fully saturated rings. The molecule has 0 aromatic heterocycles. The summed E-state index contributed by atoms with van der Waals surface area (Å²) in [6, 6.07) is 0. The Balaban J connectivity index is 3.00. The van der Waals surface area contributed by atoms with E-state index < -0.39 is 5.97 Å². The summed E-state index contributed by atoms with van der Waals surface area (Å²) < 4.78 is 0. The summed E-state index contributed by atoms with van der Waals surface area (Å²) in [6.07, 6.45) is 0. The van der Waals surface area contributed by atoms with E-state index in [1.54, 1.807) is 0 Å². The molecule has 0 aromatic carbocycles.